The molecule has 0 aromatic heterocycles. The van der Waals surface area contributed by atoms with Gasteiger partial charge in [0.1, 0.15) is 0 Å². The first kappa shape index (κ1) is 13.8. The lowest BCUT2D eigenvalue weighted by atomic mass is 10.0. The summed E-state index contributed by atoms with van der Waals surface area (Å²) < 4.78 is 11.9. The van der Waals surface area contributed by atoms with Gasteiger partial charge in [0.25, 0.3) is 0 Å². The van der Waals surface area contributed by atoms with E-state index in [9.17, 15) is 4.21 Å². The average Bonchev–Trinajstić information content (AvgIpc) is 2.39. The van der Waals surface area contributed by atoms with E-state index >= 15 is 0 Å². The molecule has 3 heteroatoms. The standard InChI is InChI=1S/C15H23NOS/c1-3-5-12-6-8-13(9-7-12)15-11-18(17)10-14(4-2)16-15/h6-9,14-16H,3-5,10-11H2,1-2H3. The molecule has 2 nitrogen and oxygen atoms in total. The molecular formula is C15H23NOS. The zero-order valence-electron chi connectivity index (χ0n) is 11.3. The Morgan fingerprint density at radius 1 is 1.22 bits per heavy atom. The van der Waals surface area contributed by atoms with E-state index in [1.54, 1.807) is 0 Å². The van der Waals surface area contributed by atoms with Gasteiger partial charge in [-0.1, -0.05) is 44.5 Å². The molecule has 1 fully saturated rings. The summed E-state index contributed by atoms with van der Waals surface area (Å²) in [6, 6.07) is 9.47. The summed E-state index contributed by atoms with van der Waals surface area (Å²) in [6.07, 6.45) is 3.38. The van der Waals surface area contributed by atoms with Crippen molar-refractivity contribution in [2.75, 3.05) is 11.5 Å². The largest absolute Gasteiger partial charge is 0.305 e. The van der Waals surface area contributed by atoms with Gasteiger partial charge in [0.05, 0.1) is 0 Å². The minimum atomic E-state index is -0.672. The van der Waals surface area contributed by atoms with Crippen LogP contribution in [0.5, 0.6) is 0 Å². The fourth-order valence-corrected chi connectivity index (χ4v) is 4.07. The fourth-order valence-electron chi connectivity index (χ4n) is 2.49. The molecule has 3 atom stereocenters. The van der Waals surface area contributed by atoms with Crippen LogP contribution in [0.4, 0.5) is 0 Å². The Morgan fingerprint density at radius 3 is 2.56 bits per heavy atom. The molecular weight excluding hydrogens is 242 g/mol. The Bertz CT molecular complexity index is 401. The number of nitrogens with one attached hydrogen (secondary N) is 1. The number of aryl methyl sites for hydroxylation is 1. The third kappa shape index (κ3) is 3.42. The first-order chi connectivity index (χ1) is 8.72. The lowest BCUT2D eigenvalue weighted by molar-refractivity contribution is 0.456. The van der Waals surface area contributed by atoms with E-state index in [4.69, 9.17) is 0 Å². The third-order valence-corrected chi connectivity index (χ3v) is 5.07. The van der Waals surface area contributed by atoms with Gasteiger partial charge >= 0.3 is 0 Å². The smallest absolute Gasteiger partial charge is 0.0439 e. The second-order valence-electron chi connectivity index (χ2n) is 5.09. The van der Waals surface area contributed by atoms with Crippen molar-refractivity contribution in [1.82, 2.24) is 5.32 Å². The summed E-state index contributed by atoms with van der Waals surface area (Å²) in [7, 11) is -0.672. The van der Waals surface area contributed by atoms with Crippen molar-refractivity contribution in [3.05, 3.63) is 35.4 Å². The third-order valence-electron chi connectivity index (χ3n) is 3.59. The van der Waals surface area contributed by atoms with Crippen LogP contribution in [0, 0.1) is 0 Å². The van der Waals surface area contributed by atoms with E-state index in [0.717, 1.165) is 24.3 Å². The van der Waals surface area contributed by atoms with Crippen LogP contribution in [-0.4, -0.2) is 21.8 Å². The average molecular weight is 265 g/mol. The van der Waals surface area contributed by atoms with Gasteiger partial charge in [0, 0.05) is 34.4 Å². The van der Waals surface area contributed by atoms with Crippen molar-refractivity contribution in [3.63, 3.8) is 0 Å². The van der Waals surface area contributed by atoms with Gasteiger partial charge in [0.15, 0.2) is 0 Å². The van der Waals surface area contributed by atoms with Crippen molar-refractivity contribution in [3.8, 4) is 0 Å². The van der Waals surface area contributed by atoms with Crippen LogP contribution >= 0.6 is 0 Å². The lowest BCUT2D eigenvalue weighted by Crippen LogP contribution is -2.44. The molecule has 0 amide bonds. The van der Waals surface area contributed by atoms with Crippen LogP contribution in [0.3, 0.4) is 0 Å². The molecule has 1 aromatic carbocycles. The van der Waals surface area contributed by atoms with Gasteiger partial charge < -0.3 is 5.32 Å². The van der Waals surface area contributed by atoms with Crippen molar-refractivity contribution in [2.24, 2.45) is 0 Å². The molecule has 3 unspecified atom stereocenters. The SMILES string of the molecule is CCCc1ccc(C2CS(=O)CC(CC)N2)cc1. The lowest BCUT2D eigenvalue weighted by Gasteiger charge is -2.30. The molecule has 1 N–H and O–H groups in total. The van der Waals surface area contributed by atoms with Crippen molar-refractivity contribution < 1.29 is 4.21 Å². The van der Waals surface area contributed by atoms with Crippen LogP contribution in [0.2, 0.25) is 0 Å². The minimum Gasteiger partial charge on any atom is -0.305 e. The van der Waals surface area contributed by atoms with Gasteiger partial charge in [0.2, 0.25) is 0 Å². The quantitative estimate of drug-likeness (QED) is 0.907. The maximum Gasteiger partial charge on any atom is 0.0439 e. The molecule has 1 heterocycles. The molecule has 1 aliphatic heterocycles. The monoisotopic (exact) mass is 265 g/mol. The predicted molar refractivity (Wildman–Crippen MR) is 78.3 cm³/mol. The molecule has 1 aliphatic rings. The van der Waals surface area contributed by atoms with Gasteiger partial charge in [-0.3, -0.25) is 4.21 Å². The molecule has 1 saturated heterocycles. The summed E-state index contributed by atoms with van der Waals surface area (Å²) in [6.45, 7) is 4.35. The first-order valence-corrected chi connectivity index (χ1v) is 8.41. The van der Waals surface area contributed by atoms with E-state index < -0.39 is 10.8 Å². The number of hydrogen-bond acceptors (Lipinski definition) is 2. The fraction of sp³-hybridized carbons (Fsp3) is 0.600. The molecule has 1 aromatic rings. The Kier molecular flexibility index (Phi) is 4.95. The summed E-state index contributed by atoms with van der Waals surface area (Å²) in [4.78, 5) is 0. The van der Waals surface area contributed by atoms with Gasteiger partial charge in [-0.15, -0.1) is 0 Å². The number of hydrogen-bond donors (Lipinski definition) is 1. The Morgan fingerprint density at radius 2 is 1.94 bits per heavy atom. The van der Waals surface area contributed by atoms with Crippen LogP contribution in [0.15, 0.2) is 24.3 Å². The molecule has 0 radical (unpaired) electrons. The maximum atomic E-state index is 11.9. The van der Waals surface area contributed by atoms with Gasteiger partial charge in [-0.25, -0.2) is 0 Å². The Labute approximate surface area is 113 Å². The molecule has 0 saturated carbocycles. The van der Waals surface area contributed by atoms with E-state index in [0.29, 0.717) is 6.04 Å². The molecule has 18 heavy (non-hydrogen) atoms. The molecule has 2 rings (SSSR count). The van der Waals surface area contributed by atoms with Crippen molar-refractivity contribution in [1.29, 1.82) is 0 Å². The topological polar surface area (TPSA) is 29.1 Å². The molecule has 100 valence electrons. The van der Waals surface area contributed by atoms with Gasteiger partial charge in [-0.2, -0.15) is 0 Å². The highest BCUT2D eigenvalue weighted by atomic mass is 32.2. The second-order valence-corrected chi connectivity index (χ2v) is 6.64. The highest BCUT2D eigenvalue weighted by Crippen LogP contribution is 2.21. The summed E-state index contributed by atoms with van der Waals surface area (Å²) in [5.74, 6) is 1.56. The summed E-state index contributed by atoms with van der Waals surface area (Å²) in [5.41, 5.74) is 2.67. The zero-order valence-corrected chi connectivity index (χ0v) is 12.1. The number of benzene rings is 1. The van der Waals surface area contributed by atoms with Crippen LogP contribution < -0.4 is 5.32 Å². The highest BCUT2D eigenvalue weighted by molar-refractivity contribution is 7.85. The van der Waals surface area contributed by atoms with E-state index in [1.807, 2.05) is 0 Å². The van der Waals surface area contributed by atoms with Crippen LogP contribution in [0.25, 0.3) is 0 Å². The summed E-state index contributed by atoms with van der Waals surface area (Å²) >= 11 is 0. The molecule has 0 aliphatic carbocycles. The van der Waals surface area contributed by atoms with E-state index in [1.165, 1.54) is 17.5 Å². The van der Waals surface area contributed by atoms with Gasteiger partial charge in [-0.05, 0) is 24.0 Å². The molecule has 0 bridgehead atoms. The predicted octanol–water partition coefficient (Wildman–Crippen LogP) is 2.81. The summed E-state index contributed by atoms with van der Waals surface area (Å²) in [5, 5.41) is 3.61. The minimum absolute atomic E-state index is 0.264. The van der Waals surface area contributed by atoms with Crippen LogP contribution in [0.1, 0.15) is 43.9 Å². The Balaban J connectivity index is 2.07. The van der Waals surface area contributed by atoms with Crippen molar-refractivity contribution >= 4 is 10.8 Å². The highest BCUT2D eigenvalue weighted by Gasteiger charge is 2.25. The maximum absolute atomic E-state index is 11.9. The number of rotatable bonds is 4. The first-order valence-electron chi connectivity index (χ1n) is 6.92. The normalized spacial score (nSPS) is 28.2. The molecule has 0 spiro atoms. The zero-order chi connectivity index (χ0) is 13.0. The van der Waals surface area contributed by atoms with E-state index in [2.05, 4.69) is 43.4 Å². The van der Waals surface area contributed by atoms with Crippen LogP contribution in [-0.2, 0) is 17.2 Å². The Hall–Kier alpha value is -0.670. The second kappa shape index (κ2) is 6.48. The van der Waals surface area contributed by atoms with E-state index in [-0.39, 0.29) is 6.04 Å². The van der Waals surface area contributed by atoms with Crippen molar-refractivity contribution in [2.45, 2.75) is 45.2 Å².